The van der Waals surface area contributed by atoms with Crippen LogP contribution in [0.3, 0.4) is 0 Å². The summed E-state index contributed by atoms with van der Waals surface area (Å²) in [6, 6.07) is 18.7. The van der Waals surface area contributed by atoms with E-state index in [2.05, 4.69) is 67.7 Å². The molecule has 0 unspecified atom stereocenters. The zero-order valence-electron chi connectivity index (χ0n) is 17.3. The van der Waals surface area contributed by atoms with Gasteiger partial charge in [-0.3, -0.25) is 4.98 Å². The van der Waals surface area contributed by atoms with Crippen LogP contribution in [0.5, 0.6) is 0 Å². The van der Waals surface area contributed by atoms with E-state index in [-0.39, 0.29) is 6.04 Å². The highest BCUT2D eigenvalue weighted by atomic mass is 15.2. The molecule has 7 nitrogen and oxygen atoms in total. The Kier molecular flexibility index (Phi) is 4.84. The third kappa shape index (κ3) is 3.73. The molecule has 31 heavy (non-hydrogen) atoms. The minimum absolute atomic E-state index is 0.115. The van der Waals surface area contributed by atoms with E-state index in [1.165, 1.54) is 5.56 Å². The van der Waals surface area contributed by atoms with Crippen LogP contribution < -0.4 is 5.32 Å². The molecule has 0 aliphatic heterocycles. The highest BCUT2D eigenvalue weighted by molar-refractivity contribution is 5.92. The molecule has 0 bridgehead atoms. The van der Waals surface area contributed by atoms with E-state index >= 15 is 0 Å². The van der Waals surface area contributed by atoms with Crippen LogP contribution in [0.15, 0.2) is 79.6 Å². The van der Waals surface area contributed by atoms with Gasteiger partial charge < -0.3 is 9.88 Å². The molecular weight excluding hydrogens is 386 g/mol. The van der Waals surface area contributed by atoms with E-state index in [4.69, 9.17) is 0 Å². The van der Waals surface area contributed by atoms with Gasteiger partial charge >= 0.3 is 0 Å². The van der Waals surface area contributed by atoms with Crippen molar-refractivity contribution in [3.63, 3.8) is 0 Å². The molecule has 0 fully saturated rings. The summed E-state index contributed by atoms with van der Waals surface area (Å²) >= 11 is 0. The van der Waals surface area contributed by atoms with Crippen LogP contribution in [0.4, 0.5) is 5.82 Å². The molecule has 2 aromatic carbocycles. The average Bonchev–Trinajstić information content (AvgIpc) is 3.25. The van der Waals surface area contributed by atoms with Crippen LogP contribution in [0.25, 0.3) is 33.4 Å². The van der Waals surface area contributed by atoms with E-state index in [0.29, 0.717) is 0 Å². The second-order valence-electron chi connectivity index (χ2n) is 7.46. The molecule has 0 aliphatic rings. The predicted molar refractivity (Wildman–Crippen MR) is 121 cm³/mol. The van der Waals surface area contributed by atoms with Gasteiger partial charge in [-0.05, 0) is 36.2 Å². The van der Waals surface area contributed by atoms with E-state index in [1.54, 1.807) is 18.9 Å². The minimum Gasteiger partial charge on any atom is -0.363 e. The van der Waals surface area contributed by atoms with Crippen molar-refractivity contribution in [3.8, 4) is 22.5 Å². The van der Waals surface area contributed by atoms with Gasteiger partial charge in [-0.25, -0.2) is 9.97 Å². The highest BCUT2D eigenvalue weighted by Gasteiger charge is 2.12. The summed E-state index contributed by atoms with van der Waals surface area (Å²) < 4.78 is 1.88. The molecule has 0 saturated heterocycles. The van der Waals surface area contributed by atoms with Crippen LogP contribution in [0.2, 0.25) is 0 Å². The van der Waals surface area contributed by atoms with Crippen molar-refractivity contribution in [1.29, 1.82) is 0 Å². The second kappa shape index (κ2) is 7.95. The van der Waals surface area contributed by atoms with Crippen LogP contribution in [-0.4, -0.2) is 29.7 Å². The molecule has 0 aliphatic carbocycles. The maximum Gasteiger partial charge on any atom is 0.165 e. The fourth-order valence-corrected chi connectivity index (χ4v) is 3.65. The fourth-order valence-electron chi connectivity index (χ4n) is 3.65. The lowest BCUT2D eigenvalue weighted by atomic mass is 10.0. The third-order valence-electron chi connectivity index (χ3n) is 5.33. The van der Waals surface area contributed by atoms with Gasteiger partial charge in [0.15, 0.2) is 5.82 Å². The van der Waals surface area contributed by atoms with Crippen molar-refractivity contribution >= 4 is 16.7 Å². The molecule has 0 saturated carbocycles. The smallest absolute Gasteiger partial charge is 0.165 e. The Morgan fingerprint density at radius 2 is 1.74 bits per heavy atom. The third-order valence-corrected chi connectivity index (χ3v) is 5.33. The number of aromatic nitrogens is 6. The molecule has 0 radical (unpaired) electrons. The molecule has 152 valence electrons. The van der Waals surface area contributed by atoms with Gasteiger partial charge in [0.25, 0.3) is 0 Å². The Balaban J connectivity index is 1.53. The van der Waals surface area contributed by atoms with Gasteiger partial charge in [-0.1, -0.05) is 36.4 Å². The summed E-state index contributed by atoms with van der Waals surface area (Å²) in [5.74, 6) is 1.58. The van der Waals surface area contributed by atoms with Crippen molar-refractivity contribution < 1.29 is 0 Å². The van der Waals surface area contributed by atoms with E-state index in [0.717, 1.165) is 39.2 Å². The number of nitrogens with zero attached hydrogens (tertiary/aromatic N) is 6. The number of hydrogen-bond donors (Lipinski definition) is 1. The Morgan fingerprint density at radius 1 is 0.903 bits per heavy atom. The van der Waals surface area contributed by atoms with Crippen molar-refractivity contribution in [3.05, 3.63) is 85.2 Å². The molecule has 5 rings (SSSR count). The van der Waals surface area contributed by atoms with Crippen molar-refractivity contribution in [2.24, 2.45) is 7.05 Å². The monoisotopic (exact) mass is 407 g/mol. The van der Waals surface area contributed by atoms with Gasteiger partial charge in [-0.2, -0.15) is 0 Å². The summed E-state index contributed by atoms with van der Waals surface area (Å²) in [5, 5.41) is 12.7. The van der Waals surface area contributed by atoms with Gasteiger partial charge in [0.2, 0.25) is 0 Å². The summed E-state index contributed by atoms with van der Waals surface area (Å²) in [6.45, 7) is 2.13. The lowest BCUT2D eigenvalue weighted by Crippen LogP contribution is -2.08. The SMILES string of the molecule is C[C@@H](Nc1ncnc2ccc(-c3cncc(-c4nncn4C)c3)cc12)c1ccccc1. The standard InChI is InChI=1S/C24H21N7/c1-16(17-6-4-3-5-7-17)29-23-21-11-18(8-9-22(21)26-14-27-23)19-10-20(13-25-12-19)24-30-28-15-31(24)2/h3-16H,1-2H3,(H,26,27,29)/t16-/m1/s1. The number of fused-ring (bicyclic) bond motifs is 1. The Labute approximate surface area is 179 Å². The quantitative estimate of drug-likeness (QED) is 0.456. The van der Waals surface area contributed by atoms with Crippen molar-refractivity contribution in [1.82, 2.24) is 29.7 Å². The topological polar surface area (TPSA) is 81.4 Å². The number of benzene rings is 2. The Morgan fingerprint density at radius 3 is 2.55 bits per heavy atom. The lowest BCUT2D eigenvalue weighted by Gasteiger charge is -2.16. The fraction of sp³-hybridized carbons (Fsp3) is 0.125. The molecule has 0 spiro atoms. The number of hydrogen-bond acceptors (Lipinski definition) is 6. The summed E-state index contributed by atoms with van der Waals surface area (Å²) in [6.07, 6.45) is 6.93. The first kappa shape index (κ1) is 18.9. The number of pyridine rings is 1. The number of nitrogens with one attached hydrogen (secondary N) is 1. The Hall–Kier alpha value is -4.13. The maximum atomic E-state index is 4.52. The van der Waals surface area contributed by atoms with Crippen LogP contribution in [-0.2, 0) is 7.05 Å². The first-order chi connectivity index (χ1) is 15.2. The van der Waals surface area contributed by atoms with Gasteiger partial charge in [0, 0.05) is 42.0 Å². The zero-order valence-corrected chi connectivity index (χ0v) is 17.3. The lowest BCUT2D eigenvalue weighted by molar-refractivity contribution is 0.876. The van der Waals surface area contributed by atoms with Crippen LogP contribution >= 0.6 is 0 Å². The molecule has 3 aromatic heterocycles. The maximum absolute atomic E-state index is 4.52. The molecule has 1 N–H and O–H groups in total. The number of rotatable bonds is 5. The molecule has 7 heteroatoms. The average molecular weight is 407 g/mol. The van der Waals surface area contributed by atoms with Gasteiger partial charge in [0.05, 0.1) is 5.52 Å². The van der Waals surface area contributed by atoms with Crippen LogP contribution in [0, 0.1) is 0 Å². The largest absolute Gasteiger partial charge is 0.363 e. The van der Waals surface area contributed by atoms with Crippen LogP contribution in [0.1, 0.15) is 18.5 Å². The molecule has 3 heterocycles. The molecule has 1 atom stereocenters. The second-order valence-corrected chi connectivity index (χ2v) is 7.46. The Bertz CT molecular complexity index is 1340. The molecular formula is C24H21N7. The van der Waals surface area contributed by atoms with Gasteiger partial charge in [0.1, 0.15) is 18.5 Å². The van der Waals surface area contributed by atoms with Crippen molar-refractivity contribution in [2.45, 2.75) is 13.0 Å². The number of anilines is 1. The summed E-state index contributed by atoms with van der Waals surface area (Å²) in [7, 11) is 1.92. The van der Waals surface area contributed by atoms with Crippen molar-refractivity contribution in [2.75, 3.05) is 5.32 Å². The van der Waals surface area contributed by atoms with E-state index in [9.17, 15) is 0 Å². The van der Waals surface area contributed by atoms with E-state index in [1.807, 2.05) is 42.1 Å². The van der Waals surface area contributed by atoms with E-state index < -0.39 is 0 Å². The molecule has 0 amide bonds. The summed E-state index contributed by atoms with van der Waals surface area (Å²) in [5.41, 5.74) is 5.03. The zero-order chi connectivity index (χ0) is 21.2. The van der Waals surface area contributed by atoms with Gasteiger partial charge in [-0.15, -0.1) is 10.2 Å². The normalized spacial score (nSPS) is 12.1. The molecule has 5 aromatic rings. The minimum atomic E-state index is 0.115. The number of aryl methyl sites for hydroxylation is 1. The predicted octanol–water partition coefficient (Wildman–Crippen LogP) is 4.66. The highest BCUT2D eigenvalue weighted by Crippen LogP contribution is 2.30. The first-order valence-corrected chi connectivity index (χ1v) is 10.0. The first-order valence-electron chi connectivity index (χ1n) is 10.0. The summed E-state index contributed by atoms with van der Waals surface area (Å²) in [4.78, 5) is 13.4.